The molecule has 0 N–H and O–H groups in total. The summed E-state index contributed by atoms with van der Waals surface area (Å²) in [5, 5.41) is 8.42. The molecule has 2 nitrogen and oxygen atoms in total. The predicted molar refractivity (Wildman–Crippen MR) is 47.0 cm³/mol. The molecule has 1 rings (SSSR count). The van der Waals surface area contributed by atoms with Gasteiger partial charge in [0.15, 0.2) is 0 Å². The molecule has 0 aromatic heterocycles. The Bertz CT molecular complexity index is 355. The van der Waals surface area contributed by atoms with E-state index in [0.29, 0.717) is 11.3 Å². The quantitative estimate of drug-likeness (QED) is 0.697. The summed E-state index contributed by atoms with van der Waals surface area (Å²) in [6.45, 7) is 1.76. The average molecular weight is 179 g/mol. The molecule has 0 radical (unpaired) electrons. The van der Waals surface area contributed by atoms with Crippen molar-refractivity contribution >= 4 is 0 Å². The molecular formula is C10H10FNO. The highest BCUT2D eigenvalue weighted by Gasteiger charge is 2.06. The summed E-state index contributed by atoms with van der Waals surface area (Å²) < 4.78 is 18.2. The fraction of sp³-hybridized carbons (Fsp3) is 0.300. The Labute approximate surface area is 76.6 Å². The Balaban J connectivity index is 3.16. The highest BCUT2D eigenvalue weighted by Crippen LogP contribution is 2.22. The highest BCUT2D eigenvalue weighted by molar-refractivity contribution is 5.38. The van der Waals surface area contributed by atoms with Crippen molar-refractivity contribution in [1.82, 2.24) is 0 Å². The fourth-order valence-electron chi connectivity index (χ4n) is 1.14. The maximum absolute atomic E-state index is 13.1. The maximum Gasteiger partial charge on any atom is 0.127 e. The molecule has 0 saturated heterocycles. The van der Waals surface area contributed by atoms with Crippen molar-refractivity contribution in [2.45, 2.75) is 13.3 Å². The fourth-order valence-corrected chi connectivity index (χ4v) is 1.14. The van der Waals surface area contributed by atoms with Crippen molar-refractivity contribution in [2.75, 3.05) is 7.11 Å². The zero-order valence-electron chi connectivity index (χ0n) is 7.60. The highest BCUT2D eigenvalue weighted by atomic mass is 19.1. The van der Waals surface area contributed by atoms with Crippen LogP contribution in [0.4, 0.5) is 4.39 Å². The smallest absolute Gasteiger partial charge is 0.127 e. The summed E-state index contributed by atoms with van der Waals surface area (Å²) in [6, 6.07) is 4.84. The summed E-state index contributed by atoms with van der Waals surface area (Å²) >= 11 is 0. The van der Waals surface area contributed by atoms with E-state index in [2.05, 4.69) is 0 Å². The number of nitrogens with zero attached hydrogens (tertiary/aromatic N) is 1. The van der Waals surface area contributed by atoms with Crippen molar-refractivity contribution in [1.29, 1.82) is 5.26 Å². The van der Waals surface area contributed by atoms with E-state index in [0.717, 1.165) is 5.56 Å². The van der Waals surface area contributed by atoms with Crippen LogP contribution in [0.1, 0.15) is 11.1 Å². The van der Waals surface area contributed by atoms with Crippen LogP contribution in [0.25, 0.3) is 0 Å². The van der Waals surface area contributed by atoms with Gasteiger partial charge in [0.2, 0.25) is 0 Å². The van der Waals surface area contributed by atoms with E-state index in [4.69, 9.17) is 10.00 Å². The Morgan fingerprint density at radius 1 is 1.54 bits per heavy atom. The number of nitriles is 1. The number of methoxy groups -OCH3 is 1. The van der Waals surface area contributed by atoms with Gasteiger partial charge in [0.25, 0.3) is 0 Å². The molecule has 1 aromatic rings. The topological polar surface area (TPSA) is 33.0 Å². The summed E-state index contributed by atoms with van der Waals surface area (Å²) in [4.78, 5) is 0. The van der Waals surface area contributed by atoms with Crippen molar-refractivity contribution < 1.29 is 9.13 Å². The van der Waals surface area contributed by atoms with Gasteiger partial charge in [-0.2, -0.15) is 5.26 Å². The lowest BCUT2D eigenvalue weighted by molar-refractivity contribution is 0.409. The molecule has 0 saturated carbocycles. The van der Waals surface area contributed by atoms with Gasteiger partial charge in [-0.15, -0.1) is 0 Å². The van der Waals surface area contributed by atoms with Gasteiger partial charge in [-0.05, 0) is 24.6 Å². The summed E-state index contributed by atoms with van der Waals surface area (Å²) in [5.74, 6) is 0.270. The SMILES string of the molecule is COc1cc(CC#N)c(F)cc1C. The second-order valence-electron chi connectivity index (χ2n) is 2.75. The largest absolute Gasteiger partial charge is 0.496 e. The minimum Gasteiger partial charge on any atom is -0.496 e. The summed E-state index contributed by atoms with van der Waals surface area (Å²) in [5.41, 5.74) is 1.12. The standard InChI is InChI=1S/C10H10FNO/c1-7-5-9(11)8(3-4-12)6-10(7)13-2/h5-6H,3H2,1-2H3. The third-order valence-corrected chi connectivity index (χ3v) is 1.83. The van der Waals surface area contributed by atoms with Crippen LogP contribution in [-0.2, 0) is 6.42 Å². The Morgan fingerprint density at radius 2 is 2.23 bits per heavy atom. The first-order chi connectivity index (χ1) is 6.19. The molecular weight excluding hydrogens is 169 g/mol. The van der Waals surface area contributed by atoms with Crippen LogP contribution in [0.3, 0.4) is 0 Å². The van der Waals surface area contributed by atoms with Crippen LogP contribution < -0.4 is 4.74 Å². The van der Waals surface area contributed by atoms with Gasteiger partial charge in [0.1, 0.15) is 11.6 Å². The van der Waals surface area contributed by atoms with Gasteiger partial charge in [-0.25, -0.2) is 4.39 Å². The van der Waals surface area contributed by atoms with E-state index in [-0.39, 0.29) is 12.2 Å². The van der Waals surface area contributed by atoms with Crippen molar-refractivity contribution in [3.05, 3.63) is 29.1 Å². The average Bonchev–Trinajstić information content (AvgIpc) is 2.10. The molecule has 0 bridgehead atoms. The molecule has 3 heteroatoms. The van der Waals surface area contributed by atoms with E-state index in [1.165, 1.54) is 13.2 Å². The molecule has 68 valence electrons. The van der Waals surface area contributed by atoms with Gasteiger partial charge in [-0.3, -0.25) is 0 Å². The van der Waals surface area contributed by atoms with Crippen LogP contribution in [0.2, 0.25) is 0 Å². The molecule has 0 heterocycles. The lowest BCUT2D eigenvalue weighted by atomic mass is 10.1. The summed E-state index contributed by atoms with van der Waals surface area (Å²) in [7, 11) is 1.52. The first-order valence-corrected chi connectivity index (χ1v) is 3.89. The monoisotopic (exact) mass is 179 g/mol. The Kier molecular flexibility index (Phi) is 2.86. The maximum atomic E-state index is 13.1. The molecule has 0 unspecified atom stereocenters. The van der Waals surface area contributed by atoms with Gasteiger partial charge in [0.05, 0.1) is 19.6 Å². The van der Waals surface area contributed by atoms with Gasteiger partial charge < -0.3 is 4.74 Å². The first kappa shape index (κ1) is 9.53. The van der Waals surface area contributed by atoms with E-state index >= 15 is 0 Å². The molecule has 0 aliphatic carbocycles. The number of hydrogen-bond donors (Lipinski definition) is 0. The normalized spacial score (nSPS) is 9.38. The van der Waals surface area contributed by atoms with E-state index in [1.807, 2.05) is 6.07 Å². The molecule has 0 amide bonds. The third kappa shape index (κ3) is 1.97. The predicted octanol–water partition coefficient (Wildman–Crippen LogP) is 2.21. The third-order valence-electron chi connectivity index (χ3n) is 1.83. The van der Waals surface area contributed by atoms with Crippen molar-refractivity contribution in [2.24, 2.45) is 0 Å². The van der Waals surface area contributed by atoms with Crippen LogP contribution in [0.5, 0.6) is 5.75 Å². The molecule has 0 spiro atoms. The van der Waals surface area contributed by atoms with E-state index in [9.17, 15) is 4.39 Å². The first-order valence-electron chi connectivity index (χ1n) is 3.89. The van der Waals surface area contributed by atoms with E-state index in [1.54, 1.807) is 13.0 Å². The zero-order valence-corrected chi connectivity index (χ0v) is 7.60. The number of aryl methyl sites for hydroxylation is 1. The molecule has 13 heavy (non-hydrogen) atoms. The molecule has 0 aliphatic heterocycles. The van der Waals surface area contributed by atoms with Gasteiger partial charge in [0, 0.05) is 5.56 Å². The van der Waals surface area contributed by atoms with Crippen molar-refractivity contribution in [3.63, 3.8) is 0 Å². The van der Waals surface area contributed by atoms with Crippen LogP contribution >= 0.6 is 0 Å². The summed E-state index contributed by atoms with van der Waals surface area (Å²) in [6.07, 6.45) is 0.0719. The second kappa shape index (κ2) is 3.90. The Hall–Kier alpha value is -1.56. The lowest BCUT2D eigenvalue weighted by Gasteiger charge is -2.06. The van der Waals surface area contributed by atoms with E-state index < -0.39 is 0 Å². The molecule has 0 fully saturated rings. The second-order valence-corrected chi connectivity index (χ2v) is 2.75. The molecule has 0 aliphatic rings. The number of hydrogen-bond acceptors (Lipinski definition) is 2. The lowest BCUT2D eigenvalue weighted by Crippen LogP contribution is -1.94. The molecule has 0 atom stereocenters. The number of rotatable bonds is 2. The minimum absolute atomic E-state index is 0.0719. The van der Waals surface area contributed by atoms with Crippen LogP contribution in [-0.4, -0.2) is 7.11 Å². The Morgan fingerprint density at radius 3 is 2.77 bits per heavy atom. The van der Waals surface area contributed by atoms with Gasteiger partial charge in [-0.1, -0.05) is 0 Å². The van der Waals surface area contributed by atoms with Gasteiger partial charge >= 0.3 is 0 Å². The number of halogens is 1. The molecule has 1 aromatic carbocycles. The zero-order chi connectivity index (χ0) is 9.84. The van der Waals surface area contributed by atoms with Crippen LogP contribution in [0, 0.1) is 24.1 Å². The van der Waals surface area contributed by atoms with Crippen molar-refractivity contribution in [3.8, 4) is 11.8 Å². The minimum atomic E-state index is -0.347. The van der Waals surface area contributed by atoms with Crippen LogP contribution in [0.15, 0.2) is 12.1 Å². The number of benzene rings is 1. The number of ether oxygens (including phenoxy) is 1.